The number of nitrogens with one attached hydrogen (secondary N) is 1. The van der Waals surface area contributed by atoms with Crippen molar-refractivity contribution in [2.75, 3.05) is 7.05 Å². The van der Waals surface area contributed by atoms with E-state index < -0.39 is 11.8 Å². The van der Waals surface area contributed by atoms with Crippen LogP contribution in [0.15, 0.2) is 29.8 Å². The zero-order valence-electron chi connectivity index (χ0n) is 8.73. The second kappa shape index (κ2) is 4.97. The third-order valence-corrected chi connectivity index (χ3v) is 1.94. The Bertz CT molecular complexity index is 435. The first kappa shape index (κ1) is 11.8. The molecule has 0 aromatic heterocycles. The number of rotatable bonds is 3. The van der Waals surface area contributed by atoms with Crippen LogP contribution in [0, 0.1) is 0 Å². The molecule has 0 unspecified atom stereocenters. The molecule has 16 heavy (non-hydrogen) atoms. The second-order valence-corrected chi connectivity index (χ2v) is 3.09. The molecule has 0 radical (unpaired) electrons. The molecule has 2 amide bonds. The Balaban J connectivity index is 3.07. The molecular formula is C11H12N2O3. The molecule has 1 rings (SSSR count). The summed E-state index contributed by atoms with van der Waals surface area (Å²) in [5.41, 5.74) is 5.55. The number of amides is 2. The molecule has 0 heterocycles. The molecule has 0 bridgehead atoms. The number of benzene rings is 1. The van der Waals surface area contributed by atoms with Crippen LogP contribution < -0.4 is 11.1 Å². The summed E-state index contributed by atoms with van der Waals surface area (Å²) >= 11 is 0. The Kier molecular flexibility index (Phi) is 3.66. The van der Waals surface area contributed by atoms with E-state index in [-0.39, 0.29) is 11.3 Å². The number of hydrogen-bond acceptors (Lipinski definition) is 3. The molecule has 0 atom stereocenters. The van der Waals surface area contributed by atoms with E-state index in [1.165, 1.54) is 25.3 Å². The van der Waals surface area contributed by atoms with Crippen LogP contribution in [0.3, 0.4) is 0 Å². The van der Waals surface area contributed by atoms with Gasteiger partial charge in [0.2, 0.25) is 0 Å². The van der Waals surface area contributed by atoms with Gasteiger partial charge in [-0.1, -0.05) is 12.1 Å². The standard InChI is InChI=1S/C11H12N2O3/c1-13-11(16)9(10(12)15)6-7-2-4-8(14)5-3-7/h2-6,14H,1H3,(H2,12,15)(H,13,16)/b9-6+. The number of carbonyl (C=O) groups is 2. The van der Waals surface area contributed by atoms with Crippen molar-refractivity contribution < 1.29 is 14.7 Å². The number of phenolic OH excluding ortho intramolecular Hbond substituents is 1. The van der Waals surface area contributed by atoms with E-state index in [1.54, 1.807) is 12.1 Å². The minimum Gasteiger partial charge on any atom is -0.508 e. The Labute approximate surface area is 92.6 Å². The fraction of sp³-hybridized carbons (Fsp3) is 0.0909. The van der Waals surface area contributed by atoms with E-state index in [1.807, 2.05) is 0 Å². The summed E-state index contributed by atoms with van der Waals surface area (Å²) in [4.78, 5) is 22.3. The Morgan fingerprint density at radius 3 is 2.31 bits per heavy atom. The summed E-state index contributed by atoms with van der Waals surface area (Å²) < 4.78 is 0. The highest BCUT2D eigenvalue weighted by molar-refractivity contribution is 6.21. The van der Waals surface area contributed by atoms with Crippen molar-refractivity contribution in [3.63, 3.8) is 0 Å². The second-order valence-electron chi connectivity index (χ2n) is 3.09. The van der Waals surface area contributed by atoms with Crippen molar-refractivity contribution >= 4 is 17.9 Å². The lowest BCUT2D eigenvalue weighted by atomic mass is 10.1. The van der Waals surface area contributed by atoms with Crippen LogP contribution in [0.1, 0.15) is 5.56 Å². The molecular weight excluding hydrogens is 208 g/mol. The maximum atomic E-state index is 11.3. The third-order valence-electron chi connectivity index (χ3n) is 1.94. The lowest BCUT2D eigenvalue weighted by Crippen LogP contribution is -2.28. The van der Waals surface area contributed by atoms with Crippen LogP contribution in [-0.2, 0) is 9.59 Å². The van der Waals surface area contributed by atoms with Crippen LogP contribution in [-0.4, -0.2) is 24.0 Å². The highest BCUT2D eigenvalue weighted by Gasteiger charge is 2.13. The van der Waals surface area contributed by atoms with Gasteiger partial charge in [-0.3, -0.25) is 9.59 Å². The summed E-state index contributed by atoms with van der Waals surface area (Å²) in [7, 11) is 1.41. The number of primary amides is 1. The zero-order chi connectivity index (χ0) is 12.1. The van der Waals surface area contributed by atoms with Crippen LogP contribution in [0.25, 0.3) is 6.08 Å². The van der Waals surface area contributed by atoms with Crippen molar-refractivity contribution in [1.29, 1.82) is 0 Å². The maximum absolute atomic E-state index is 11.3. The lowest BCUT2D eigenvalue weighted by Gasteiger charge is -2.01. The third kappa shape index (κ3) is 2.84. The van der Waals surface area contributed by atoms with Crippen LogP contribution >= 0.6 is 0 Å². The maximum Gasteiger partial charge on any atom is 0.256 e. The quantitative estimate of drug-likeness (QED) is 0.380. The van der Waals surface area contributed by atoms with E-state index in [0.29, 0.717) is 5.56 Å². The Morgan fingerprint density at radius 2 is 1.88 bits per heavy atom. The fourth-order valence-corrected chi connectivity index (χ4v) is 1.12. The first-order valence-electron chi connectivity index (χ1n) is 4.57. The smallest absolute Gasteiger partial charge is 0.256 e. The van der Waals surface area contributed by atoms with Crippen LogP contribution in [0.2, 0.25) is 0 Å². The molecule has 0 fully saturated rings. The molecule has 0 aliphatic carbocycles. The van der Waals surface area contributed by atoms with Gasteiger partial charge < -0.3 is 16.2 Å². The van der Waals surface area contributed by atoms with E-state index in [0.717, 1.165) is 0 Å². The first-order chi connectivity index (χ1) is 7.54. The first-order valence-corrected chi connectivity index (χ1v) is 4.57. The minimum absolute atomic E-state index is 0.109. The molecule has 5 nitrogen and oxygen atoms in total. The topological polar surface area (TPSA) is 92.4 Å². The predicted molar refractivity (Wildman–Crippen MR) is 59.3 cm³/mol. The normalized spacial score (nSPS) is 10.9. The van der Waals surface area contributed by atoms with Gasteiger partial charge in [-0.25, -0.2) is 0 Å². The summed E-state index contributed by atoms with van der Waals surface area (Å²) in [5, 5.41) is 11.4. The van der Waals surface area contributed by atoms with Crippen molar-refractivity contribution in [3.8, 4) is 5.75 Å². The fourth-order valence-electron chi connectivity index (χ4n) is 1.12. The predicted octanol–water partition coefficient (Wildman–Crippen LogP) is 0.00690. The summed E-state index contributed by atoms with van der Waals surface area (Å²) in [6.07, 6.45) is 1.36. The molecule has 4 N–H and O–H groups in total. The van der Waals surface area contributed by atoms with Gasteiger partial charge in [0.05, 0.1) is 0 Å². The molecule has 0 aliphatic rings. The summed E-state index contributed by atoms with van der Waals surface area (Å²) in [6, 6.07) is 6.05. The number of likely N-dealkylation sites (N-methyl/N-ethyl adjacent to an activating group) is 1. The van der Waals surface area contributed by atoms with Crippen molar-refractivity contribution in [3.05, 3.63) is 35.4 Å². The summed E-state index contributed by atoms with van der Waals surface area (Å²) in [6.45, 7) is 0. The molecule has 84 valence electrons. The largest absolute Gasteiger partial charge is 0.508 e. The Morgan fingerprint density at radius 1 is 1.31 bits per heavy atom. The van der Waals surface area contributed by atoms with Gasteiger partial charge in [0.25, 0.3) is 11.8 Å². The van der Waals surface area contributed by atoms with Gasteiger partial charge in [0.1, 0.15) is 11.3 Å². The SMILES string of the molecule is CNC(=O)/C(=C/c1ccc(O)cc1)C(N)=O. The van der Waals surface area contributed by atoms with E-state index in [9.17, 15) is 9.59 Å². The number of phenols is 1. The lowest BCUT2D eigenvalue weighted by molar-refractivity contribution is -0.121. The van der Waals surface area contributed by atoms with Gasteiger partial charge in [0, 0.05) is 7.05 Å². The Hall–Kier alpha value is -2.30. The van der Waals surface area contributed by atoms with E-state index in [2.05, 4.69) is 5.32 Å². The van der Waals surface area contributed by atoms with E-state index >= 15 is 0 Å². The molecule has 5 heteroatoms. The highest BCUT2D eigenvalue weighted by atomic mass is 16.3. The summed E-state index contributed by atoms with van der Waals surface area (Å²) in [5.74, 6) is -1.23. The molecule has 0 saturated heterocycles. The number of carbonyl (C=O) groups excluding carboxylic acids is 2. The van der Waals surface area contributed by atoms with Gasteiger partial charge >= 0.3 is 0 Å². The molecule has 0 spiro atoms. The van der Waals surface area contributed by atoms with Gasteiger partial charge in [-0.05, 0) is 23.8 Å². The molecule has 0 aliphatic heterocycles. The average molecular weight is 220 g/mol. The zero-order valence-corrected chi connectivity index (χ0v) is 8.73. The van der Waals surface area contributed by atoms with Gasteiger partial charge in [0.15, 0.2) is 0 Å². The van der Waals surface area contributed by atoms with Crippen LogP contribution in [0.4, 0.5) is 0 Å². The molecule has 1 aromatic carbocycles. The van der Waals surface area contributed by atoms with Crippen molar-refractivity contribution in [1.82, 2.24) is 5.32 Å². The number of hydrogen-bond donors (Lipinski definition) is 3. The average Bonchev–Trinajstić information content (AvgIpc) is 2.27. The van der Waals surface area contributed by atoms with Crippen LogP contribution in [0.5, 0.6) is 5.75 Å². The number of nitrogens with two attached hydrogens (primary N) is 1. The minimum atomic E-state index is -0.799. The molecule has 1 aromatic rings. The van der Waals surface area contributed by atoms with Gasteiger partial charge in [-0.15, -0.1) is 0 Å². The molecule has 0 saturated carbocycles. The number of aromatic hydroxyl groups is 1. The van der Waals surface area contributed by atoms with Gasteiger partial charge in [-0.2, -0.15) is 0 Å². The van der Waals surface area contributed by atoms with E-state index in [4.69, 9.17) is 10.8 Å². The van der Waals surface area contributed by atoms with Crippen molar-refractivity contribution in [2.24, 2.45) is 5.73 Å². The highest BCUT2D eigenvalue weighted by Crippen LogP contribution is 2.12. The monoisotopic (exact) mass is 220 g/mol. The van der Waals surface area contributed by atoms with Crippen molar-refractivity contribution in [2.45, 2.75) is 0 Å².